The molecule has 7 heteroatoms. The number of nitrogen functional groups attached to an aromatic ring is 1. The minimum atomic E-state index is -3.40. The van der Waals surface area contributed by atoms with Crippen molar-refractivity contribution in [2.75, 3.05) is 23.3 Å². The van der Waals surface area contributed by atoms with Crippen LogP contribution in [0.15, 0.2) is 18.2 Å². The van der Waals surface area contributed by atoms with Gasteiger partial charge in [0.15, 0.2) is 0 Å². The standard InChI is InChI=1S/C9H14ClN3O2S/c10-7-3-1-4-8(11)9(7)13-5-2-6-16(12,14)15/h1,3-4,13H,2,5-6,11H2,(H2,12,14,15). The van der Waals surface area contributed by atoms with Crippen LogP contribution in [0.3, 0.4) is 0 Å². The van der Waals surface area contributed by atoms with Gasteiger partial charge in [-0.05, 0) is 18.6 Å². The Bertz CT molecular complexity index is 442. The lowest BCUT2D eigenvalue weighted by Crippen LogP contribution is -2.18. The van der Waals surface area contributed by atoms with E-state index < -0.39 is 10.0 Å². The molecule has 0 amide bonds. The van der Waals surface area contributed by atoms with Crippen molar-refractivity contribution in [3.05, 3.63) is 23.2 Å². The molecule has 0 fully saturated rings. The Morgan fingerprint density at radius 3 is 2.62 bits per heavy atom. The third-order valence-electron chi connectivity index (χ3n) is 1.95. The first kappa shape index (κ1) is 13.1. The number of nitrogens with one attached hydrogen (secondary N) is 1. The van der Waals surface area contributed by atoms with Crippen molar-refractivity contribution in [2.45, 2.75) is 6.42 Å². The first-order valence-corrected chi connectivity index (χ1v) is 6.78. The fourth-order valence-corrected chi connectivity index (χ4v) is 2.01. The maximum Gasteiger partial charge on any atom is 0.209 e. The molecule has 0 spiro atoms. The second-order valence-corrected chi connectivity index (χ2v) is 5.49. The third-order valence-corrected chi connectivity index (χ3v) is 3.13. The zero-order valence-electron chi connectivity index (χ0n) is 8.61. The van der Waals surface area contributed by atoms with Gasteiger partial charge in [-0.2, -0.15) is 0 Å². The van der Waals surface area contributed by atoms with Crippen molar-refractivity contribution in [3.63, 3.8) is 0 Å². The van der Waals surface area contributed by atoms with Gasteiger partial charge in [-0.15, -0.1) is 0 Å². The Labute approximate surface area is 99.8 Å². The average Bonchev–Trinajstić information content (AvgIpc) is 2.14. The van der Waals surface area contributed by atoms with Gasteiger partial charge in [-0.25, -0.2) is 13.6 Å². The molecule has 5 nitrogen and oxygen atoms in total. The Hall–Kier alpha value is -0.980. The second kappa shape index (κ2) is 5.38. The molecule has 5 N–H and O–H groups in total. The lowest BCUT2D eigenvalue weighted by atomic mass is 10.2. The number of nitrogens with two attached hydrogens (primary N) is 2. The van der Waals surface area contributed by atoms with Crippen LogP contribution in [0.4, 0.5) is 11.4 Å². The van der Waals surface area contributed by atoms with Gasteiger partial charge in [0.2, 0.25) is 10.0 Å². The van der Waals surface area contributed by atoms with Gasteiger partial charge in [0.1, 0.15) is 0 Å². The van der Waals surface area contributed by atoms with E-state index in [9.17, 15) is 8.42 Å². The van der Waals surface area contributed by atoms with E-state index in [-0.39, 0.29) is 5.75 Å². The summed E-state index contributed by atoms with van der Waals surface area (Å²) in [4.78, 5) is 0. The quantitative estimate of drug-likeness (QED) is 0.545. The molecule has 0 aliphatic rings. The van der Waals surface area contributed by atoms with E-state index in [0.29, 0.717) is 29.4 Å². The Morgan fingerprint density at radius 2 is 2.06 bits per heavy atom. The molecule has 0 radical (unpaired) electrons. The van der Waals surface area contributed by atoms with Gasteiger partial charge >= 0.3 is 0 Å². The maximum absolute atomic E-state index is 10.7. The topological polar surface area (TPSA) is 98.2 Å². The summed E-state index contributed by atoms with van der Waals surface area (Å²) in [5, 5.41) is 8.36. The monoisotopic (exact) mass is 263 g/mol. The Morgan fingerprint density at radius 1 is 1.38 bits per heavy atom. The maximum atomic E-state index is 10.7. The number of para-hydroxylation sites is 1. The zero-order valence-corrected chi connectivity index (χ0v) is 10.2. The van der Waals surface area contributed by atoms with Crippen LogP contribution in [0.2, 0.25) is 5.02 Å². The van der Waals surface area contributed by atoms with Gasteiger partial charge in [0, 0.05) is 6.54 Å². The van der Waals surface area contributed by atoms with Crippen molar-refractivity contribution in [1.82, 2.24) is 0 Å². The lowest BCUT2D eigenvalue weighted by molar-refractivity contribution is 0.596. The summed E-state index contributed by atoms with van der Waals surface area (Å²) in [5.74, 6) is -0.0651. The predicted octanol–water partition coefficient (Wildman–Crippen LogP) is 1.01. The highest BCUT2D eigenvalue weighted by Crippen LogP contribution is 2.27. The fourth-order valence-electron chi connectivity index (χ4n) is 1.21. The molecule has 1 aromatic rings. The van der Waals surface area contributed by atoms with E-state index >= 15 is 0 Å². The van der Waals surface area contributed by atoms with E-state index in [2.05, 4.69) is 5.32 Å². The summed E-state index contributed by atoms with van der Waals surface area (Å²) in [6.45, 7) is 0.449. The van der Waals surface area contributed by atoms with Gasteiger partial charge in [-0.3, -0.25) is 0 Å². The molecule has 0 atom stereocenters. The van der Waals surface area contributed by atoms with Crippen molar-refractivity contribution >= 4 is 33.0 Å². The Kier molecular flexibility index (Phi) is 4.40. The van der Waals surface area contributed by atoms with E-state index in [1.54, 1.807) is 18.2 Å². The molecule has 0 saturated heterocycles. The Balaban J connectivity index is 2.49. The second-order valence-electron chi connectivity index (χ2n) is 3.35. The van der Waals surface area contributed by atoms with Gasteiger partial charge in [-0.1, -0.05) is 17.7 Å². The molecule has 0 heterocycles. The molecule has 0 aliphatic carbocycles. The fraction of sp³-hybridized carbons (Fsp3) is 0.333. The van der Waals surface area contributed by atoms with Crippen LogP contribution >= 0.6 is 11.6 Å². The predicted molar refractivity (Wildman–Crippen MR) is 66.9 cm³/mol. The molecule has 90 valence electrons. The molecule has 0 aromatic heterocycles. The molecule has 0 aliphatic heterocycles. The minimum absolute atomic E-state index is 0.0651. The largest absolute Gasteiger partial charge is 0.397 e. The number of primary sulfonamides is 1. The van der Waals surface area contributed by atoms with Gasteiger partial charge in [0.25, 0.3) is 0 Å². The van der Waals surface area contributed by atoms with Crippen molar-refractivity contribution < 1.29 is 8.42 Å². The van der Waals surface area contributed by atoms with Crippen LogP contribution in [0, 0.1) is 0 Å². The van der Waals surface area contributed by atoms with Crippen LogP contribution in [-0.4, -0.2) is 20.7 Å². The first-order valence-electron chi connectivity index (χ1n) is 4.68. The summed E-state index contributed by atoms with van der Waals surface area (Å²) >= 11 is 5.91. The van der Waals surface area contributed by atoms with Crippen molar-refractivity contribution in [3.8, 4) is 0 Å². The van der Waals surface area contributed by atoms with E-state index in [4.69, 9.17) is 22.5 Å². The van der Waals surface area contributed by atoms with Crippen LogP contribution in [0.1, 0.15) is 6.42 Å². The van der Waals surface area contributed by atoms with Crippen LogP contribution in [0.25, 0.3) is 0 Å². The number of benzene rings is 1. The minimum Gasteiger partial charge on any atom is -0.397 e. The summed E-state index contributed by atoms with van der Waals surface area (Å²) in [6, 6.07) is 5.17. The number of hydrogen-bond donors (Lipinski definition) is 3. The number of sulfonamides is 1. The molecular formula is C9H14ClN3O2S. The van der Waals surface area contributed by atoms with Gasteiger partial charge in [0.05, 0.1) is 22.2 Å². The van der Waals surface area contributed by atoms with Crippen LogP contribution in [-0.2, 0) is 10.0 Å². The number of rotatable bonds is 5. The third kappa shape index (κ3) is 4.26. The highest BCUT2D eigenvalue weighted by atomic mass is 35.5. The smallest absolute Gasteiger partial charge is 0.209 e. The molecule has 1 aromatic carbocycles. The summed E-state index contributed by atoms with van der Waals surface area (Å²) in [5.41, 5.74) is 6.85. The number of anilines is 2. The molecular weight excluding hydrogens is 250 g/mol. The van der Waals surface area contributed by atoms with Crippen LogP contribution < -0.4 is 16.2 Å². The van der Waals surface area contributed by atoms with E-state index in [1.165, 1.54) is 0 Å². The van der Waals surface area contributed by atoms with E-state index in [1.807, 2.05) is 0 Å². The summed E-state index contributed by atoms with van der Waals surface area (Å²) in [7, 11) is -3.40. The molecule has 16 heavy (non-hydrogen) atoms. The average molecular weight is 264 g/mol. The highest BCUT2D eigenvalue weighted by molar-refractivity contribution is 7.89. The number of hydrogen-bond acceptors (Lipinski definition) is 4. The molecule has 0 unspecified atom stereocenters. The first-order chi connectivity index (χ1) is 7.40. The summed E-state index contributed by atoms with van der Waals surface area (Å²) in [6.07, 6.45) is 0.406. The lowest BCUT2D eigenvalue weighted by Gasteiger charge is -2.10. The normalized spacial score (nSPS) is 11.4. The summed E-state index contributed by atoms with van der Waals surface area (Å²) < 4.78 is 21.4. The zero-order chi connectivity index (χ0) is 12.2. The van der Waals surface area contributed by atoms with Crippen molar-refractivity contribution in [1.29, 1.82) is 0 Å². The molecule has 0 bridgehead atoms. The van der Waals surface area contributed by atoms with Crippen LogP contribution in [0.5, 0.6) is 0 Å². The molecule has 1 rings (SSSR count). The highest BCUT2D eigenvalue weighted by Gasteiger charge is 2.05. The van der Waals surface area contributed by atoms with E-state index in [0.717, 1.165) is 0 Å². The molecule has 0 saturated carbocycles. The van der Waals surface area contributed by atoms with Gasteiger partial charge < -0.3 is 11.1 Å². The SMILES string of the molecule is Nc1cccc(Cl)c1NCCCS(N)(=O)=O. The van der Waals surface area contributed by atoms with Crippen molar-refractivity contribution in [2.24, 2.45) is 5.14 Å². The number of halogens is 1.